The SMILES string of the molecule is Cc1cccc(C(=O)NCCNC2=NCCN2C)c1.I. The Morgan fingerprint density at radius 2 is 2.20 bits per heavy atom. The summed E-state index contributed by atoms with van der Waals surface area (Å²) in [5.74, 6) is 0.872. The summed E-state index contributed by atoms with van der Waals surface area (Å²) in [6, 6.07) is 7.58. The number of hydrogen-bond acceptors (Lipinski definition) is 4. The minimum Gasteiger partial charge on any atom is -0.354 e. The molecule has 1 aliphatic heterocycles. The van der Waals surface area contributed by atoms with E-state index in [2.05, 4.69) is 20.5 Å². The van der Waals surface area contributed by atoms with Gasteiger partial charge >= 0.3 is 0 Å². The van der Waals surface area contributed by atoms with Crippen LogP contribution in [0.2, 0.25) is 0 Å². The van der Waals surface area contributed by atoms with Crippen LogP contribution in [-0.2, 0) is 0 Å². The third kappa shape index (κ3) is 4.66. The largest absolute Gasteiger partial charge is 0.354 e. The predicted molar refractivity (Wildman–Crippen MR) is 91.9 cm³/mol. The standard InChI is InChI=1S/C14H20N4O.HI/c1-11-4-3-5-12(10-11)13(19)15-6-7-16-14-17-8-9-18(14)2;/h3-5,10H,6-9H2,1-2H3,(H,15,19)(H,16,17);1H. The molecule has 0 bridgehead atoms. The van der Waals surface area contributed by atoms with Crippen LogP contribution in [0.3, 0.4) is 0 Å². The van der Waals surface area contributed by atoms with Gasteiger partial charge in [0.1, 0.15) is 0 Å². The van der Waals surface area contributed by atoms with E-state index in [1.807, 2.05) is 38.2 Å². The van der Waals surface area contributed by atoms with Crippen molar-refractivity contribution in [3.63, 3.8) is 0 Å². The van der Waals surface area contributed by atoms with Crippen molar-refractivity contribution in [3.05, 3.63) is 35.4 Å². The van der Waals surface area contributed by atoms with Gasteiger partial charge in [0.05, 0.1) is 6.54 Å². The highest BCUT2D eigenvalue weighted by molar-refractivity contribution is 14.0. The molecule has 1 aliphatic rings. The summed E-state index contributed by atoms with van der Waals surface area (Å²) < 4.78 is 0. The number of nitrogens with zero attached hydrogens (tertiary/aromatic N) is 2. The molecule has 0 saturated carbocycles. The molecule has 2 rings (SSSR count). The Hall–Kier alpha value is -1.31. The smallest absolute Gasteiger partial charge is 0.251 e. The summed E-state index contributed by atoms with van der Waals surface area (Å²) in [6.45, 7) is 5.04. The normalized spacial score (nSPS) is 13.5. The van der Waals surface area contributed by atoms with Crippen molar-refractivity contribution in [3.8, 4) is 0 Å². The summed E-state index contributed by atoms with van der Waals surface area (Å²) in [6.07, 6.45) is 0. The zero-order valence-corrected chi connectivity index (χ0v) is 14.2. The Bertz CT molecular complexity index is 490. The van der Waals surface area contributed by atoms with E-state index >= 15 is 0 Å². The van der Waals surface area contributed by atoms with E-state index < -0.39 is 0 Å². The number of halogens is 1. The fraction of sp³-hybridized carbons (Fsp3) is 0.429. The minimum absolute atomic E-state index is 0. The molecule has 0 aromatic heterocycles. The molecule has 0 radical (unpaired) electrons. The van der Waals surface area contributed by atoms with Gasteiger partial charge in [0.15, 0.2) is 5.96 Å². The highest BCUT2D eigenvalue weighted by Gasteiger charge is 2.11. The average Bonchev–Trinajstić information content (AvgIpc) is 2.80. The number of nitrogens with one attached hydrogen (secondary N) is 2. The number of aliphatic imine (C=N–C) groups is 1. The lowest BCUT2D eigenvalue weighted by molar-refractivity contribution is 0.0954. The molecule has 5 nitrogen and oxygen atoms in total. The fourth-order valence-electron chi connectivity index (χ4n) is 1.96. The molecule has 0 saturated heterocycles. The van der Waals surface area contributed by atoms with Crippen molar-refractivity contribution >= 4 is 35.8 Å². The third-order valence-electron chi connectivity index (χ3n) is 3.03. The van der Waals surface area contributed by atoms with E-state index in [1.165, 1.54) is 0 Å². The van der Waals surface area contributed by atoms with Crippen molar-refractivity contribution < 1.29 is 4.79 Å². The van der Waals surface area contributed by atoms with Crippen molar-refractivity contribution in [2.45, 2.75) is 6.92 Å². The van der Waals surface area contributed by atoms with Crippen LogP contribution >= 0.6 is 24.0 Å². The van der Waals surface area contributed by atoms with Gasteiger partial charge in [0, 0.05) is 32.2 Å². The number of carbonyl (C=O) groups excluding carboxylic acids is 1. The van der Waals surface area contributed by atoms with Gasteiger partial charge in [0.2, 0.25) is 0 Å². The second kappa shape index (κ2) is 8.08. The fourth-order valence-corrected chi connectivity index (χ4v) is 1.96. The molecule has 0 fully saturated rings. The topological polar surface area (TPSA) is 56.7 Å². The van der Waals surface area contributed by atoms with Crippen LogP contribution in [0.25, 0.3) is 0 Å². The first kappa shape index (κ1) is 16.7. The summed E-state index contributed by atoms with van der Waals surface area (Å²) in [5.41, 5.74) is 1.79. The summed E-state index contributed by atoms with van der Waals surface area (Å²) in [5, 5.41) is 6.10. The monoisotopic (exact) mass is 388 g/mol. The number of rotatable bonds is 4. The maximum Gasteiger partial charge on any atom is 0.251 e. The van der Waals surface area contributed by atoms with Gasteiger partial charge in [-0.1, -0.05) is 17.7 Å². The maximum atomic E-state index is 11.9. The number of carbonyl (C=O) groups is 1. The number of likely N-dealkylation sites (N-methyl/N-ethyl adjacent to an activating group) is 1. The Kier molecular flexibility index (Phi) is 6.77. The van der Waals surface area contributed by atoms with Gasteiger partial charge in [-0.3, -0.25) is 9.79 Å². The van der Waals surface area contributed by atoms with Gasteiger partial charge in [-0.25, -0.2) is 0 Å². The van der Waals surface area contributed by atoms with Gasteiger partial charge in [-0.2, -0.15) is 0 Å². The van der Waals surface area contributed by atoms with Crippen LogP contribution in [0.5, 0.6) is 0 Å². The van der Waals surface area contributed by atoms with Gasteiger partial charge in [-0.05, 0) is 19.1 Å². The van der Waals surface area contributed by atoms with E-state index in [1.54, 1.807) is 0 Å². The zero-order chi connectivity index (χ0) is 13.7. The highest BCUT2D eigenvalue weighted by atomic mass is 127. The predicted octanol–water partition coefficient (Wildman–Crippen LogP) is 1.23. The van der Waals surface area contributed by atoms with E-state index in [0.29, 0.717) is 18.7 Å². The molecule has 0 aliphatic carbocycles. The van der Waals surface area contributed by atoms with Crippen molar-refractivity contribution in [1.82, 2.24) is 15.5 Å². The third-order valence-corrected chi connectivity index (χ3v) is 3.03. The van der Waals surface area contributed by atoms with Crippen LogP contribution in [0.4, 0.5) is 0 Å². The molecule has 1 aromatic rings. The molecular weight excluding hydrogens is 367 g/mol. The lowest BCUT2D eigenvalue weighted by Crippen LogP contribution is -2.40. The Morgan fingerprint density at radius 3 is 2.85 bits per heavy atom. The van der Waals surface area contributed by atoms with Crippen LogP contribution in [0.15, 0.2) is 29.3 Å². The molecule has 1 heterocycles. The second-order valence-corrected chi connectivity index (χ2v) is 4.68. The molecule has 20 heavy (non-hydrogen) atoms. The Labute approximate surface area is 136 Å². The minimum atomic E-state index is -0.0350. The summed E-state index contributed by atoms with van der Waals surface area (Å²) in [7, 11) is 2.00. The average molecular weight is 388 g/mol. The first-order valence-electron chi connectivity index (χ1n) is 6.51. The van der Waals surface area contributed by atoms with Crippen molar-refractivity contribution in [2.24, 2.45) is 4.99 Å². The highest BCUT2D eigenvalue weighted by Crippen LogP contribution is 2.03. The molecule has 1 aromatic carbocycles. The number of aryl methyl sites for hydroxylation is 1. The molecule has 110 valence electrons. The van der Waals surface area contributed by atoms with E-state index in [0.717, 1.165) is 24.6 Å². The number of benzene rings is 1. The van der Waals surface area contributed by atoms with Crippen LogP contribution < -0.4 is 10.6 Å². The van der Waals surface area contributed by atoms with Crippen LogP contribution in [-0.4, -0.2) is 50.0 Å². The van der Waals surface area contributed by atoms with E-state index in [9.17, 15) is 4.79 Å². The molecule has 0 spiro atoms. The second-order valence-electron chi connectivity index (χ2n) is 4.68. The van der Waals surface area contributed by atoms with Crippen molar-refractivity contribution in [1.29, 1.82) is 0 Å². The Balaban J connectivity index is 0.00000200. The lowest BCUT2D eigenvalue weighted by atomic mass is 10.1. The molecular formula is C14H21IN4O. The van der Waals surface area contributed by atoms with E-state index in [-0.39, 0.29) is 29.9 Å². The first-order chi connectivity index (χ1) is 9.16. The molecule has 1 amide bonds. The summed E-state index contributed by atoms with van der Waals surface area (Å²) in [4.78, 5) is 18.3. The number of hydrogen-bond donors (Lipinski definition) is 2. The zero-order valence-electron chi connectivity index (χ0n) is 11.8. The van der Waals surface area contributed by atoms with E-state index in [4.69, 9.17) is 0 Å². The molecule has 0 atom stereocenters. The maximum absolute atomic E-state index is 11.9. The molecule has 0 unspecified atom stereocenters. The van der Waals surface area contributed by atoms with Crippen molar-refractivity contribution in [2.75, 3.05) is 33.2 Å². The van der Waals surface area contributed by atoms with Gasteiger partial charge < -0.3 is 15.5 Å². The number of amides is 1. The van der Waals surface area contributed by atoms with Gasteiger partial charge in [-0.15, -0.1) is 24.0 Å². The lowest BCUT2D eigenvalue weighted by Gasteiger charge is -2.15. The van der Waals surface area contributed by atoms with Crippen LogP contribution in [0.1, 0.15) is 15.9 Å². The molecule has 6 heteroatoms. The number of guanidine groups is 1. The summed E-state index contributed by atoms with van der Waals surface area (Å²) >= 11 is 0. The first-order valence-corrected chi connectivity index (χ1v) is 6.51. The van der Waals surface area contributed by atoms with Gasteiger partial charge in [0.25, 0.3) is 5.91 Å². The quantitative estimate of drug-likeness (QED) is 0.603. The molecule has 2 N–H and O–H groups in total. The van der Waals surface area contributed by atoms with Crippen LogP contribution in [0, 0.1) is 6.92 Å². The Morgan fingerprint density at radius 1 is 1.40 bits per heavy atom.